The van der Waals surface area contributed by atoms with Gasteiger partial charge >= 0.3 is 0 Å². The molecule has 0 bridgehead atoms. The fraction of sp³-hybridized carbons (Fsp3) is 0.368. The Hall–Kier alpha value is -2.40. The summed E-state index contributed by atoms with van der Waals surface area (Å²) in [4.78, 5) is 12.1. The largest absolute Gasteiger partial charge is 0.398 e. The number of ether oxygens (including phenoxy) is 1. The van der Waals surface area contributed by atoms with Gasteiger partial charge in [0, 0.05) is 60.0 Å². The average molecular weight is 322 g/mol. The van der Waals surface area contributed by atoms with Gasteiger partial charge in [-0.15, -0.1) is 0 Å². The Labute approximate surface area is 141 Å². The SMILES string of the molecule is COC1CCCCC1c1c[nH]c2ncc(-c3cnccc3N)cc12. The van der Waals surface area contributed by atoms with E-state index in [0.717, 1.165) is 40.7 Å². The number of nitrogen functional groups attached to an aromatic ring is 1. The lowest BCUT2D eigenvalue weighted by Crippen LogP contribution is -2.24. The fourth-order valence-electron chi connectivity index (χ4n) is 3.86. The number of H-pyrrole nitrogens is 1. The van der Waals surface area contributed by atoms with Crippen LogP contribution in [0.15, 0.2) is 36.9 Å². The van der Waals surface area contributed by atoms with Crippen molar-refractivity contribution in [3.63, 3.8) is 0 Å². The van der Waals surface area contributed by atoms with E-state index in [0.29, 0.717) is 5.92 Å². The molecule has 3 N–H and O–H groups in total. The molecule has 1 saturated carbocycles. The lowest BCUT2D eigenvalue weighted by Gasteiger charge is -2.30. The first-order valence-electron chi connectivity index (χ1n) is 8.47. The molecule has 0 aromatic carbocycles. The van der Waals surface area contributed by atoms with Gasteiger partial charge in [0.05, 0.1) is 6.10 Å². The van der Waals surface area contributed by atoms with Crippen LogP contribution in [0.5, 0.6) is 0 Å². The second-order valence-electron chi connectivity index (χ2n) is 6.49. The summed E-state index contributed by atoms with van der Waals surface area (Å²) in [5.41, 5.74) is 11.0. The second-order valence-corrected chi connectivity index (χ2v) is 6.49. The van der Waals surface area contributed by atoms with E-state index in [1.165, 1.54) is 18.4 Å². The summed E-state index contributed by atoms with van der Waals surface area (Å²) < 4.78 is 5.75. The zero-order chi connectivity index (χ0) is 16.5. The maximum absolute atomic E-state index is 6.10. The smallest absolute Gasteiger partial charge is 0.137 e. The van der Waals surface area contributed by atoms with Crippen LogP contribution in [0.4, 0.5) is 5.69 Å². The highest BCUT2D eigenvalue weighted by molar-refractivity contribution is 5.87. The van der Waals surface area contributed by atoms with Crippen LogP contribution < -0.4 is 5.73 Å². The van der Waals surface area contributed by atoms with Gasteiger partial charge in [0.2, 0.25) is 0 Å². The molecular weight excluding hydrogens is 300 g/mol. The highest BCUT2D eigenvalue weighted by Crippen LogP contribution is 2.38. The first kappa shape index (κ1) is 15.1. The molecule has 3 heterocycles. The lowest BCUT2D eigenvalue weighted by atomic mass is 9.81. The zero-order valence-corrected chi connectivity index (χ0v) is 13.8. The van der Waals surface area contributed by atoms with Crippen molar-refractivity contribution in [3.05, 3.63) is 42.5 Å². The van der Waals surface area contributed by atoms with Crippen molar-refractivity contribution < 1.29 is 4.74 Å². The highest BCUT2D eigenvalue weighted by atomic mass is 16.5. The third kappa shape index (κ3) is 2.55. The number of rotatable bonds is 3. The number of aromatic nitrogens is 3. The standard InChI is InChI=1S/C19H22N4O/c1-24-18-5-3-2-4-13(18)16-11-23-19-14(16)8-12(9-22-19)15-10-21-7-6-17(15)20/h6-11,13,18H,2-5H2,1H3,(H2,20,21)(H,22,23). The second kappa shape index (κ2) is 6.24. The van der Waals surface area contributed by atoms with Crippen LogP contribution in [0.2, 0.25) is 0 Å². The predicted octanol–water partition coefficient (Wildman–Crippen LogP) is 3.88. The van der Waals surface area contributed by atoms with E-state index in [1.54, 1.807) is 12.4 Å². The van der Waals surface area contributed by atoms with Crippen LogP contribution >= 0.6 is 0 Å². The van der Waals surface area contributed by atoms with Gasteiger partial charge in [0.15, 0.2) is 0 Å². The van der Waals surface area contributed by atoms with Gasteiger partial charge in [0.1, 0.15) is 5.65 Å². The third-order valence-electron chi connectivity index (χ3n) is 5.13. The Morgan fingerprint density at radius 1 is 1.25 bits per heavy atom. The number of pyridine rings is 2. The van der Waals surface area contributed by atoms with Crippen molar-refractivity contribution in [2.75, 3.05) is 12.8 Å². The molecule has 3 aromatic rings. The van der Waals surface area contributed by atoms with Gasteiger partial charge in [-0.25, -0.2) is 4.98 Å². The molecule has 5 nitrogen and oxygen atoms in total. The molecule has 0 amide bonds. The summed E-state index contributed by atoms with van der Waals surface area (Å²) in [5.74, 6) is 0.417. The fourth-order valence-corrected chi connectivity index (χ4v) is 3.86. The summed E-state index contributed by atoms with van der Waals surface area (Å²) in [6.45, 7) is 0. The number of hydrogen-bond donors (Lipinski definition) is 2. The van der Waals surface area contributed by atoms with Gasteiger partial charge < -0.3 is 15.5 Å². The van der Waals surface area contributed by atoms with E-state index < -0.39 is 0 Å². The molecule has 3 aromatic heterocycles. The molecule has 124 valence electrons. The van der Waals surface area contributed by atoms with E-state index >= 15 is 0 Å². The van der Waals surface area contributed by atoms with E-state index in [9.17, 15) is 0 Å². The van der Waals surface area contributed by atoms with Crippen LogP contribution in [-0.2, 0) is 4.74 Å². The van der Waals surface area contributed by atoms with Gasteiger partial charge in [0.25, 0.3) is 0 Å². The summed E-state index contributed by atoms with van der Waals surface area (Å²) in [5, 5.41) is 1.16. The number of nitrogens with one attached hydrogen (secondary N) is 1. The van der Waals surface area contributed by atoms with Gasteiger partial charge in [-0.2, -0.15) is 0 Å². The Bertz CT molecular complexity index is 857. The quantitative estimate of drug-likeness (QED) is 0.767. The molecule has 0 saturated heterocycles. The molecule has 4 rings (SSSR count). The van der Waals surface area contributed by atoms with Gasteiger partial charge in [-0.1, -0.05) is 12.8 Å². The normalized spacial score (nSPS) is 21.2. The van der Waals surface area contributed by atoms with Crippen LogP contribution in [0.1, 0.15) is 37.2 Å². The van der Waals surface area contributed by atoms with E-state index in [4.69, 9.17) is 10.5 Å². The molecule has 5 heteroatoms. The van der Waals surface area contributed by atoms with E-state index in [2.05, 4.69) is 27.2 Å². The van der Waals surface area contributed by atoms with Crippen molar-refractivity contribution >= 4 is 16.7 Å². The molecule has 0 spiro atoms. The van der Waals surface area contributed by atoms with Gasteiger partial charge in [-0.3, -0.25) is 4.98 Å². The van der Waals surface area contributed by atoms with Crippen molar-refractivity contribution in [3.8, 4) is 11.1 Å². The number of nitrogens with two attached hydrogens (primary N) is 1. The van der Waals surface area contributed by atoms with E-state index in [1.807, 2.05) is 19.4 Å². The molecule has 0 radical (unpaired) electrons. The molecule has 1 aliphatic rings. The third-order valence-corrected chi connectivity index (χ3v) is 5.13. The molecule has 1 fully saturated rings. The summed E-state index contributed by atoms with van der Waals surface area (Å²) in [7, 11) is 1.82. The molecular formula is C19H22N4O. The number of anilines is 1. The van der Waals surface area contributed by atoms with Crippen molar-refractivity contribution in [1.29, 1.82) is 0 Å². The first-order valence-corrected chi connectivity index (χ1v) is 8.47. The summed E-state index contributed by atoms with van der Waals surface area (Å²) in [6, 6.07) is 3.99. The monoisotopic (exact) mass is 322 g/mol. The zero-order valence-electron chi connectivity index (χ0n) is 13.8. The molecule has 2 atom stereocenters. The van der Waals surface area contributed by atoms with Crippen LogP contribution in [0, 0.1) is 0 Å². The molecule has 1 aliphatic carbocycles. The Kier molecular flexibility index (Phi) is 3.94. The van der Waals surface area contributed by atoms with Crippen molar-refractivity contribution in [1.82, 2.24) is 15.0 Å². The topological polar surface area (TPSA) is 76.8 Å². The van der Waals surface area contributed by atoms with Crippen LogP contribution in [-0.4, -0.2) is 28.2 Å². The Morgan fingerprint density at radius 3 is 2.96 bits per heavy atom. The van der Waals surface area contributed by atoms with Crippen LogP contribution in [0.3, 0.4) is 0 Å². The number of aromatic amines is 1. The first-order chi connectivity index (χ1) is 11.8. The number of methoxy groups -OCH3 is 1. The Balaban J connectivity index is 1.80. The summed E-state index contributed by atoms with van der Waals surface area (Å²) in [6.07, 6.45) is 12.5. The molecule has 0 aliphatic heterocycles. The van der Waals surface area contributed by atoms with E-state index in [-0.39, 0.29) is 6.10 Å². The minimum absolute atomic E-state index is 0.282. The maximum atomic E-state index is 6.10. The van der Waals surface area contributed by atoms with Crippen LogP contribution in [0.25, 0.3) is 22.2 Å². The average Bonchev–Trinajstić information content (AvgIpc) is 3.05. The number of nitrogens with zero attached hydrogens (tertiary/aromatic N) is 2. The predicted molar refractivity (Wildman–Crippen MR) is 95.7 cm³/mol. The summed E-state index contributed by atoms with van der Waals surface area (Å²) >= 11 is 0. The van der Waals surface area contributed by atoms with Crippen molar-refractivity contribution in [2.24, 2.45) is 0 Å². The number of fused-ring (bicyclic) bond motifs is 1. The maximum Gasteiger partial charge on any atom is 0.137 e. The Morgan fingerprint density at radius 2 is 2.12 bits per heavy atom. The minimum atomic E-state index is 0.282. The van der Waals surface area contributed by atoms with Crippen molar-refractivity contribution in [2.45, 2.75) is 37.7 Å². The molecule has 24 heavy (non-hydrogen) atoms. The lowest BCUT2D eigenvalue weighted by molar-refractivity contribution is 0.0527. The van der Waals surface area contributed by atoms with Gasteiger partial charge in [-0.05, 0) is 30.5 Å². The minimum Gasteiger partial charge on any atom is -0.398 e. The number of hydrogen-bond acceptors (Lipinski definition) is 4. The molecule has 2 unspecified atom stereocenters. The highest BCUT2D eigenvalue weighted by Gasteiger charge is 2.28.